The van der Waals surface area contributed by atoms with Gasteiger partial charge in [0.2, 0.25) is 10.0 Å². The summed E-state index contributed by atoms with van der Waals surface area (Å²) in [5.41, 5.74) is -0.895. The molecular formula is C11H9ClFNO6S. The van der Waals surface area contributed by atoms with E-state index in [0.717, 1.165) is 6.07 Å². The first-order valence-electron chi connectivity index (χ1n) is 5.63. The van der Waals surface area contributed by atoms with Gasteiger partial charge in [0.15, 0.2) is 5.82 Å². The van der Waals surface area contributed by atoms with Crippen molar-refractivity contribution in [3.8, 4) is 0 Å². The minimum absolute atomic E-state index is 0.0172. The lowest BCUT2D eigenvalue weighted by atomic mass is 10.1. The molecule has 0 spiro atoms. The highest BCUT2D eigenvalue weighted by Crippen LogP contribution is 2.30. The highest BCUT2D eigenvalue weighted by Gasteiger charge is 2.43. The van der Waals surface area contributed by atoms with Gasteiger partial charge in [-0.1, -0.05) is 11.6 Å². The van der Waals surface area contributed by atoms with Crippen molar-refractivity contribution < 1.29 is 32.6 Å². The second-order valence-electron chi connectivity index (χ2n) is 4.33. The number of nitrogens with zero attached hydrogens (tertiary/aromatic N) is 1. The number of aliphatic carboxylic acids is 1. The first-order chi connectivity index (χ1) is 9.66. The highest BCUT2D eigenvalue weighted by atomic mass is 35.5. The third kappa shape index (κ3) is 2.59. The molecule has 0 unspecified atom stereocenters. The van der Waals surface area contributed by atoms with Crippen LogP contribution < -0.4 is 0 Å². The Morgan fingerprint density at radius 1 is 1.33 bits per heavy atom. The molecule has 0 aliphatic carbocycles. The minimum Gasteiger partial charge on any atom is -0.480 e. The summed E-state index contributed by atoms with van der Waals surface area (Å²) in [6.45, 7) is -0.0172. The molecule has 1 aliphatic heterocycles. The van der Waals surface area contributed by atoms with Gasteiger partial charge in [0.1, 0.15) is 6.04 Å². The third-order valence-corrected chi connectivity index (χ3v) is 5.26. The van der Waals surface area contributed by atoms with Crippen molar-refractivity contribution >= 4 is 33.6 Å². The Hall–Kier alpha value is -1.71. The topological polar surface area (TPSA) is 112 Å². The molecule has 7 nitrogen and oxygen atoms in total. The standard InChI is InChI=1S/C11H9ClFNO6S/c12-7-4-5(3-6(9(7)13)10(15)16)21(19,20)14-2-1-8(14)11(17)18/h3-4,8H,1-2H2,(H,15,16)(H,17,18)/t8-/m0/s1. The predicted octanol–water partition coefficient (Wildman–Crippen LogP) is 1.02. The zero-order valence-electron chi connectivity index (χ0n) is 10.3. The van der Waals surface area contributed by atoms with E-state index in [1.54, 1.807) is 0 Å². The van der Waals surface area contributed by atoms with Crippen LogP contribution in [-0.4, -0.2) is 47.5 Å². The molecule has 21 heavy (non-hydrogen) atoms. The molecule has 0 saturated carbocycles. The van der Waals surface area contributed by atoms with Gasteiger partial charge < -0.3 is 10.2 Å². The van der Waals surface area contributed by atoms with E-state index in [-0.39, 0.29) is 13.0 Å². The van der Waals surface area contributed by atoms with Gasteiger partial charge in [-0.2, -0.15) is 4.31 Å². The van der Waals surface area contributed by atoms with Gasteiger partial charge in [0.05, 0.1) is 15.5 Å². The molecular weight excluding hydrogens is 329 g/mol. The summed E-state index contributed by atoms with van der Waals surface area (Å²) in [7, 11) is -4.25. The van der Waals surface area contributed by atoms with Gasteiger partial charge in [-0.3, -0.25) is 4.79 Å². The molecule has 2 rings (SSSR count). The second kappa shape index (κ2) is 5.24. The molecule has 0 bridgehead atoms. The lowest BCUT2D eigenvalue weighted by Gasteiger charge is -2.36. The molecule has 1 aromatic rings. The number of hydrogen-bond acceptors (Lipinski definition) is 4. The van der Waals surface area contributed by atoms with Crippen molar-refractivity contribution in [2.75, 3.05) is 6.54 Å². The zero-order chi connectivity index (χ0) is 15.9. The first kappa shape index (κ1) is 15.7. The minimum atomic E-state index is -4.25. The Balaban J connectivity index is 2.51. The highest BCUT2D eigenvalue weighted by molar-refractivity contribution is 7.89. The maximum absolute atomic E-state index is 13.5. The molecule has 114 valence electrons. The molecule has 1 aliphatic rings. The molecule has 2 N–H and O–H groups in total. The van der Waals surface area contributed by atoms with Crippen LogP contribution in [0.2, 0.25) is 5.02 Å². The van der Waals surface area contributed by atoms with Crippen LogP contribution in [0.4, 0.5) is 4.39 Å². The lowest BCUT2D eigenvalue weighted by molar-refractivity contribution is -0.144. The molecule has 1 saturated heterocycles. The number of hydrogen-bond donors (Lipinski definition) is 2. The molecule has 1 heterocycles. The van der Waals surface area contributed by atoms with Crippen molar-refractivity contribution in [2.24, 2.45) is 0 Å². The number of halogens is 2. The van der Waals surface area contributed by atoms with Gasteiger partial charge in [-0.05, 0) is 18.6 Å². The molecule has 1 fully saturated rings. The van der Waals surface area contributed by atoms with Gasteiger partial charge in [-0.25, -0.2) is 17.6 Å². The maximum atomic E-state index is 13.5. The van der Waals surface area contributed by atoms with Crippen LogP contribution in [0.5, 0.6) is 0 Å². The molecule has 0 amide bonds. The van der Waals surface area contributed by atoms with Gasteiger partial charge >= 0.3 is 11.9 Å². The Bertz CT molecular complexity index is 734. The first-order valence-corrected chi connectivity index (χ1v) is 7.45. The summed E-state index contributed by atoms with van der Waals surface area (Å²) in [5.74, 6) is -4.23. The van der Waals surface area contributed by atoms with E-state index in [0.29, 0.717) is 10.4 Å². The van der Waals surface area contributed by atoms with Crippen LogP contribution in [0.25, 0.3) is 0 Å². The van der Waals surface area contributed by atoms with E-state index < -0.39 is 49.3 Å². The zero-order valence-corrected chi connectivity index (χ0v) is 11.9. The summed E-state index contributed by atoms with van der Waals surface area (Å²) >= 11 is 5.50. The van der Waals surface area contributed by atoms with E-state index in [4.69, 9.17) is 21.8 Å². The normalized spacial score (nSPS) is 19.0. The van der Waals surface area contributed by atoms with E-state index in [1.165, 1.54) is 0 Å². The Morgan fingerprint density at radius 2 is 1.95 bits per heavy atom. The van der Waals surface area contributed by atoms with E-state index >= 15 is 0 Å². The van der Waals surface area contributed by atoms with Crippen LogP contribution in [-0.2, 0) is 14.8 Å². The SMILES string of the molecule is O=C(O)c1cc(S(=O)(=O)N2CC[C@H]2C(=O)O)cc(Cl)c1F. The van der Waals surface area contributed by atoms with Gasteiger partial charge in [-0.15, -0.1) is 0 Å². The molecule has 1 atom stereocenters. The third-order valence-electron chi connectivity index (χ3n) is 3.09. The quantitative estimate of drug-likeness (QED) is 0.848. The number of carboxylic acid groups (broad SMARTS) is 2. The van der Waals surface area contributed by atoms with Crippen molar-refractivity contribution in [3.63, 3.8) is 0 Å². The monoisotopic (exact) mass is 337 g/mol. The fraction of sp³-hybridized carbons (Fsp3) is 0.273. The van der Waals surface area contributed by atoms with Crippen molar-refractivity contribution in [2.45, 2.75) is 17.4 Å². The maximum Gasteiger partial charge on any atom is 0.338 e. The predicted molar refractivity (Wildman–Crippen MR) is 68.3 cm³/mol. The number of aromatic carboxylic acids is 1. The van der Waals surface area contributed by atoms with Crippen molar-refractivity contribution in [3.05, 3.63) is 28.5 Å². The fourth-order valence-electron chi connectivity index (χ4n) is 1.90. The van der Waals surface area contributed by atoms with E-state index in [9.17, 15) is 22.4 Å². The van der Waals surface area contributed by atoms with Crippen LogP contribution >= 0.6 is 11.6 Å². The summed E-state index contributed by atoms with van der Waals surface area (Å²) in [4.78, 5) is 21.2. The largest absolute Gasteiger partial charge is 0.480 e. The van der Waals surface area contributed by atoms with Crippen molar-refractivity contribution in [1.29, 1.82) is 0 Å². The molecule has 0 radical (unpaired) electrons. The van der Waals surface area contributed by atoms with Gasteiger partial charge in [0, 0.05) is 6.54 Å². The van der Waals surface area contributed by atoms with E-state index in [1.807, 2.05) is 0 Å². The van der Waals surface area contributed by atoms with Crippen LogP contribution in [0.1, 0.15) is 16.8 Å². The lowest BCUT2D eigenvalue weighted by Crippen LogP contribution is -2.54. The van der Waals surface area contributed by atoms with Crippen LogP contribution in [0, 0.1) is 5.82 Å². The molecule has 0 aromatic heterocycles. The number of carboxylic acids is 2. The number of benzene rings is 1. The van der Waals surface area contributed by atoms with Crippen LogP contribution in [0.3, 0.4) is 0 Å². The average Bonchev–Trinajstić information content (AvgIpc) is 2.28. The smallest absolute Gasteiger partial charge is 0.338 e. The van der Waals surface area contributed by atoms with E-state index in [2.05, 4.69) is 0 Å². The van der Waals surface area contributed by atoms with Gasteiger partial charge in [0.25, 0.3) is 0 Å². The number of carbonyl (C=O) groups is 2. The number of rotatable bonds is 4. The van der Waals surface area contributed by atoms with Crippen molar-refractivity contribution in [1.82, 2.24) is 4.31 Å². The fourth-order valence-corrected chi connectivity index (χ4v) is 3.87. The number of sulfonamides is 1. The second-order valence-corrected chi connectivity index (χ2v) is 6.63. The summed E-state index contributed by atoms with van der Waals surface area (Å²) in [6.07, 6.45) is 0.148. The van der Waals surface area contributed by atoms with Crippen LogP contribution in [0.15, 0.2) is 17.0 Å². The Kier molecular flexibility index (Phi) is 3.91. The average molecular weight is 338 g/mol. The summed E-state index contributed by atoms with van der Waals surface area (Å²) < 4.78 is 38.7. The summed E-state index contributed by atoms with van der Waals surface area (Å²) in [5, 5.41) is 17.0. The Morgan fingerprint density at radius 3 is 2.38 bits per heavy atom. The Labute approximate surface area is 123 Å². The summed E-state index contributed by atoms with van der Waals surface area (Å²) in [6, 6.07) is 0.165. The molecule has 1 aromatic carbocycles. The molecule has 10 heteroatoms.